The maximum Gasteiger partial charge on any atom is 0.233 e. The normalized spacial score (nSPS) is 18.4. The van der Waals surface area contributed by atoms with Crippen molar-refractivity contribution >= 4 is 5.90 Å². The van der Waals surface area contributed by atoms with E-state index in [2.05, 4.69) is 69.6 Å². The van der Waals surface area contributed by atoms with Gasteiger partial charge in [0.25, 0.3) is 0 Å². The predicted molar refractivity (Wildman–Crippen MR) is 99.9 cm³/mol. The van der Waals surface area contributed by atoms with E-state index in [0.29, 0.717) is 12.5 Å². The van der Waals surface area contributed by atoms with Gasteiger partial charge in [0.1, 0.15) is 12.3 Å². The third kappa shape index (κ3) is 3.26. The average molecular weight is 324 g/mol. The van der Waals surface area contributed by atoms with E-state index < -0.39 is 0 Å². The van der Waals surface area contributed by atoms with Crippen LogP contribution in [0.25, 0.3) is 0 Å². The van der Waals surface area contributed by atoms with Gasteiger partial charge in [-0.25, -0.2) is 4.99 Å². The van der Waals surface area contributed by atoms with Crippen molar-refractivity contribution in [2.24, 2.45) is 10.9 Å². The highest BCUT2D eigenvalue weighted by Gasteiger charge is 2.25. The third-order valence-corrected chi connectivity index (χ3v) is 5.19. The van der Waals surface area contributed by atoms with Gasteiger partial charge in [-0.1, -0.05) is 38.0 Å². The summed E-state index contributed by atoms with van der Waals surface area (Å²) in [4.78, 5) is 4.84. The third-order valence-electron chi connectivity index (χ3n) is 5.19. The quantitative estimate of drug-likeness (QED) is 0.786. The first-order valence-electron chi connectivity index (χ1n) is 8.92. The zero-order valence-corrected chi connectivity index (χ0v) is 15.5. The molecule has 0 aliphatic carbocycles. The highest BCUT2D eigenvalue weighted by molar-refractivity contribution is 5.93. The molecule has 0 saturated heterocycles. The maximum absolute atomic E-state index is 5.92. The van der Waals surface area contributed by atoms with Gasteiger partial charge in [-0.3, -0.25) is 0 Å². The molecule has 128 valence electrons. The summed E-state index contributed by atoms with van der Waals surface area (Å²) in [6.45, 7) is 12.6. The van der Waals surface area contributed by atoms with Crippen LogP contribution in [0.5, 0.6) is 0 Å². The van der Waals surface area contributed by atoms with E-state index in [1.165, 1.54) is 22.3 Å². The molecular weight excluding hydrogens is 296 g/mol. The Balaban J connectivity index is 1.87. The summed E-state index contributed by atoms with van der Waals surface area (Å²) < 4.78 is 8.17. The van der Waals surface area contributed by atoms with Gasteiger partial charge in [0.05, 0.1) is 6.04 Å². The van der Waals surface area contributed by atoms with Crippen LogP contribution >= 0.6 is 0 Å². The summed E-state index contributed by atoms with van der Waals surface area (Å²) in [5, 5.41) is 0. The van der Waals surface area contributed by atoms with Crippen LogP contribution in [0.3, 0.4) is 0 Å². The van der Waals surface area contributed by atoms with Crippen LogP contribution in [0.4, 0.5) is 0 Å². The molecule has 24 heavy (non-hydrogen) atoms. The number of aromatic nitrogens is 1. The highest BCUT2D eigenvalue weighted by Crippen LogP contribution is 2.22. The molecule has 0 spiro atoms. The number of hydrogen-bond acceptors (Lipinski definition) is 2. The van der Waals surface area contributed by atoms with Gasteiger partial charge in [-0.05, 0) is 55.5 Å². The molecule has 1 aliphatic rings. The zero-order chi connectivity index (χ0) is 17.3. The second kappa shape index (κ2) is 6.84. The monoisotopic (exact) mass is 324 g/mol. The van der Waals surface area contributed by atoms with Gasteiger partial charge in [-0.2, -0.15) is 0 Å². The van der Waals surface area contributed by atoms with Crippen LogP contribution < -0.4 is 0 Å². The predicted octanol–water partition coefficient (Wildman–Crippen LogP) is 4.65. The molecule has 0 amide bonds. The smallest absolute Gasteiger partial charge is 0.233 e. The minimum Gasteiger partial charge on any atom is -0.474 e. The van der Waals surface area contributed by atoms with Crippen molar-refractivity contribution in [3.05, 3.63) is 58.4 Å². The first-order valence-corrected chi connectivity index (χ1v) is 8.92. The summed E-state index contributed by atoms with van der Waals surface area (Å²) in [5.41, 5.74) is 6.48. The lowest BCUT2D eigenvalue weighted by Gasteiger charge is -2.14. The van der Waals surface area contributed by atoms with Gasteiger partial charge in [0, 0.05) is 12.7 Å². The van der Waals surface area contributed by atoms with Crippen molar-refractivity contribution in [1.29, 1.82) is 0 Å². The van der Waals surface area contributed by atoms with Crippen LogP contribution in [0.1, 0.15) is 48.2 Å². The first-order chi connectivity index (χ1) is 11.5. The molecule has 2 aromatic rings. The standard InChI is InChI=1S/C21H28N2O/c1-6-15(3)19-13-24-21(22-19)20-8-7-9-23(20)12-18-16(4)10-14(2)11-17(18)5/h7-11,15,19H,6,12-13H2,1-5H3. The molecule has 3 rings (SSSR count). The molecule has 3 heteroatoms. The van der Waals surface area contributed by atoms with Crippen LogP contribution in [-0.2, 0) is 11.3 Å². The number of hydrogen-bond donors (Lipinski definition) is 0. The zero-order valence-electron chi connectivity index (χ0n) is 15.5. The molecule has 0 fully saturated rings. The second-order valence-electron chi connectivity index (χ2n) is 7.10. The van der Waals surface area contributed by atoms with Crippen molar-refractivity contribution in [3.8, 4) is 0 Å². The summed E-state index contributed by atoms with van der Waals surface area (Å²) in [6, 6.07) is 8.99. The molecule has 1 aliphatic heterocycles. The Labute approximate surface area is 145 Å². The Morgan fingerprint density at radius 2 is 1.96 bits per heavy atom. The largest absolute Gasteiger partial charge is 0.474 e. The van der Waals surface area contributed by atoms with Crippen molar-refractivity contribution in [3.63, 3.8) is 0 Å². The van der Waals surface area contributed by atoms with E-state index in [4.69, 9.17) is 9.73 Å². The fourth-order valence-corrected chi connectivity index (χ4v) is 3.47. The van der Waals surface area contributed by atoms with Crippen LogP contribution in [0, 0.1) is 26.7 Å². The highest BCUT2D eigenvalue weighted by atomic mass is 16.5. The van der Waals surface area contributed by atoms with E-state index in [1.807, 2.05) is 0 Å². The summed E-state index contributed by atoms with van der Waals surface area (Å²) in [5.74, 6) is 1.36. The SMILES string of the molecule is CCC(C)C1COC(c2cccn2Cc2c(C)cc(C)cc2C)=N1. The number of rotatable bonds is 5. The fourth-order valence-electron chi connectivity index (χ4n) is 3.47. The molecule has 0 bridgehead atoms. The number of nitrogens with zero attached hydrogens (tertiary/aromatic N) is 2. The minimum absolute atomic E-state index is 0.288. The van der Waals surface area contributed by atoms with E-state index in [1.54, 1.807) is 0 Å². The van der Waals surface area contributed by atoms with Crippen molar-refractivity contribution in [2.45, 2.75) is 53.6 Å². The summed E-state index contributed by atoms with van der Waals surface area (Å²) in [6.07, 6.45) is 3.25. The van der Waals surface area contributed by atoms with E-state index >= 15 is 0 Å². The molecule has 0 saturated carbocycles. The lowest BCUT2D eigenvalue weighted by atomic mass is 10.00. The molecule has 0 radical (unpaired) electrons. The van der Waals surface area contributed by atoms with Crippen molar-refractivity contribution in [2.75, 3.05) is 6.61 Å². The molecule has 3 nitrogen and oxygen atoms in total. The Morgan fingerprint density at radius 1 is 1.25 bits per heavy atom. The van der Waals surface area contributed by atoms with Crippen LogP contribution in [-0.4, -0.2) is 23.1 Å². The Bertz CT molecular complexity index is 734. The van der Waals surface area contributed by atoms with Gasteiger partial charge in [0.2, 0.25) is 5.90 Å². The van der Waals surface area contributed by atoms with Crippen LogP contribution in [0.2, 0.25) is 0 Å². The van der Waals surface area contributed by atoms with Gasteiger partial charge in [-0.15, -0.1) is 0 Å². The van der Waals surface area contributed by atoms with Gasteiger partial charge >= 0.3 is 0 Å². The molecule has 1 aromatic carbocycles. The number of aliphatic imine (C=N–C) groups is 1. The molecule has 2 unspecified atom stereocenters. The number of aryl methyl sites for hydroxylation is 3. The topological polar surface area (TPSA) is 26.5 Å². The first kappa shape index (κ1) is 16.8. The average Bonchev–Trinajstić information content (AvgIpc) is 3.18. The van der Waals surface area contributed by atoms with E-state index in [-0.39, 0.29) is 6.04 Å². The summed E-state index contributed by atoms with van der Waals surface area (Å²) in [7, 11) is 0. The minimum atomic E-state index is 0.288. The molecular formula is C21H28N2O. The molecule has 2 heterocycles. The Morgan fingerprint density at radius 3 is 2.62 bits per heavy atom. The van der Waals surface area contributed by atoms with Gasteiger partial charge < -0.3 is 9.30 Å². The van der Waals surface area contributed by atoms with E-state index in [9.17, 15) is 0 Å². The van der Waals surface area contributed by atoms with E-state index in [0.717, 1.165) is 24.6 Å². The Kier molecular flexibility index (Phi) is 4.79. The van der Waals surface area contributed by atoms with Crippen molar-refractivity contribution < 1.29 is 4.74 Å². The van der Waals surface area contributed by atoms with Crippen molar-refractivity contribution in [1.82, 2.24) is 4.57 Å². The summed E-state index contributed by atoms with van der Waals surface area (Å²) >= 11 is 0. The number of ether oxygens (including phenoxy) is 1. The fraction of sp³-hybridized carbons (Fsp3) is 0.476. The second-order valence-corrected chi connectivity index (χ2v) is 7.10. The molecule has 0 N–H and O–H groups in total. The number of benzene rings is 1. The lowest BCUT2D eigenvalue weighted by Crippen LogP contribution is -2.16. The maximum atomic E-state index is 5.92. The van der Waals surface area contributed by atoms with Crippen LogP contribution in [0.15, 0.2) is 35.5 Å². The molecule has 1 aromatic heterocycles. The molecule has 2 atom stereocenters. The van der Waals surface area contributed by atoms with Gasteiger partial charge in [0.15, 0.2) is 0 Å². The Hall–Kier alpha value is -2.03. The lowest BCUT2D eigenvalue weighted by molar-refractivity contribution is 0.281.